The summed E-state index contributed by atoms with van der Waals surface area (Å²) in [6, 6.07) is 0.131. The van der Waals surface area contributed by atoms with Gasteiger partial charge in [-0.3, -0.25) is 4.79 Å². The summed E-state index contributed by atoms with van der Waals surface area (Å²) in [5.41, 5.74) is -0.751. The van der Waals surface area contributed by atoms with Crippen molar-refractivity contribution in [3.05, 3.63) is 0 Å². The maximum atomic E-state index is 12.4. The number of carboxylic acids is 1. The summed E-state index contributed by atoms with van der Waals surface area (Å²) >= 11 is 0. The van der Waals surface area contributed by atoms with Gasteiger partial charge in [-0.2, -0.15) is 0 Å². The maximum absolute atomic E-state index is 12.4. The van der Waals surface area contributed by atoms with Crippen LogP contribution in [0.15, 0.2) is 0 Å². The Balaban J connectivity index is 1.94. The van der Waals surface area contributed by atoms with Crippen LogP contribution in [0, 0.1) is 11.3 Å². The van der Waals surface area contributed by atoms with Gasteiger partial charge in [0.25, 0.3) is 0 Å². The first-order chi connectivity index (χ1) is 9.96. The highest BCUT2D eigenvalue weighted by Crippen LogP contribution is 2.36. The number of piperidine rings is 1. The molecule has 2 rings (SSSR count). The molecule has 2 unspecified atom stereocenters. The molecule has 0 radical (unpaired) electrons. The molecule has 2 fully saturated rings. The van der Waals surface area contributed by atoms with Crippen LogP contribution in [-0.4, -0.2) is 41.1 Å². The Morgan fingerprint density at radius 2 is 1.86 bits per heavy atom. The van der Waals surface area contributed by atoms with E-state index in [4.69, 9.17) is 0 Å². The summed E-state index contributed by atoms with van der Waals surface area (Å²) in [5, 5.41) is 12.4. The van der Waals surface area contributed by atoms with Crippen LogP contribution >= 0.6 is 0 Å². The van der Waals surface area contributed by atoms with Crippen molar-refractivity contribution in [2.45, 2.75) is 64.8 Å². The largest absolute Gasteiger partial charge is 0.481 e. The summed E-state index contributed by atoms with van der Waals surface area (Å²) in [5.74, 6) is -0.254. The van der Waals surface area contributed by atoms with Gasteiger partial charge in [0.05, 0.1) is 5.41 Å². The molecule has 1 saturated carbocycles. The van der Waals surface area contributed by atoms with Gasteiger partial charge < -0.3 is 15.3 Å². The Hall–Kier alpha value is -1.26. The van der Waals surface area contributed by atoms with Crippen LogP contribution in [0.1, 0.15) is 58.8 Å². The molecular formula is C16H28N2O3. The first kappa shape index (κ1) is 16.1. The van der Waals surface area contributed by atoms with E-state index in [0.717, 1.165) is 38.6 Å². The zero-order chi connectivity index (χ0) is 15.5. The fraction of sp³-hybridized carbons (Fsp3) is 0.875. The summed E-state index contributed by atoms with van der Waals surface area (Å²) in [6.07, 6.45) is 6.53. The number of carbonyl (C=O) groups excluding carboxylic acids is 1. The van der Waals surface area contributed by atoms with Gasteiger partial charge in [-0.05, 0) is 38.5 Å². The molecular weight excluding hydrogens is 268 g/mol. The number of aliphatic carboxylic acids is 1. The number of carboxylic acid groups (broad SMARTS) is 1. The van der Waals surface area contributed by atoms with E-state index in [9.17, 15) is 14.7 Å². The third-order valence-electron chi connectivity index (χ3n) is 5.48. The van der Waals surface area contributed by atoms with E-state index in [1.807, 2.05) is 4.90 Å². The van der Waals surface area contributed by atoms with Crippen LogP contribution in [-0.2, 0) is 4.79 Å². The fourth-order valence-electron chi connectivity index (χ4n) is 3.66. The number of nitrogens with zero attached hydrogens (tertiary/aromatic N) is 1. The molecule has 1 aliphatic heterocycles. The minimum Gasteiger partial charge on any atom is -0.481 e. The van der Waals surface area contributed by atoms with Gasteiger partial charge in [-0.1, -0.05) is 26.2 Å². The molecule has 2 amide bonds. The number of hydrogen-bond donors (Lipinski definition) is 2. The second-order valence-electron chi connectivity index (χ2n) is 6.86. The average Bonchev–Trinajstić information content (AvgIpc) is 2.48. The number of nitrogens with one attached hydrogen (secondary N) is 1. The topological polar surface area (TPSA) is 69.6 Å². The zero-order valence-electron chi connectivity index (χ0n) is 13.2. The number of rotatable bonds is 3. The highest BCUT2D eigenvalue weighted by atomic mass is 16.4. The van der Waals surface area contributed by atoms with E-state index < -0.39 is 11.4 Å². The average molecular weight is 296 g/mol. The van der Waals surface area contributed by atoms with E-state index in [0.29, 0.717) is 18.8 Å². The molecule has 1 aliphatic carbocycles. The second-order valence-corrected chi connectivity index (χ2v) is 6.86. The Morgan fingerprint density at radius 3 is 2.48 bits per heavy atom. The van der Waals surface area contributed by atoms with Gasteiger partial charge in [-0.15, -0.1) is 0 Å². The van der Waals surface area contributed by atoms with Crippen molar-refractivity contribution in [1.82, 2.24) is 10.2 Å². The summed E-state index contributed by atoms with van der Waals surface area (Å²) in [7, 11) is 0. The Morgan fingerprint density at radius 1 is 1.19 bits per heavy atom. The minimum atomic E-state index is -0.762. The summed E-state index contributed by atoms with van der Waals surface area (Å²) in [6.45, 7) is 5.29. The number of urea groups is 1. The van der Waals surface area contributed by atoms with Crippen LogP contribution in [0.4, 0.5) is 4.79 Å². The smallest absolute Gasteiger partial charge is 0.317 e. The molecule has 0 aromatic heterocycles. The number of likely N-dealkylation sites (tertiary alicyclic amines) is 1. The Kier molecular flexibility index (Phi) is 5.12. The molecule has 1 heterocycles. The quantitative estimate of drug-likeness (QED) is 0.841. The van der Waals surface area contributed by atoms with Gasteiger partial charge >= 0.3 is 12.0 Å². The molecule has 5 nitrogen and oxygen atoms in total. The molecule has 2 aliphatic rings. The summed E-state index contributed by atoms with van der Waals surface area (Å²) in [4.78, 5) is 25.9. The third-order valence-corrected chi connectivity index (χ3v) is 5.48. The lowest BCUT2D eigenvalue weighted by molar-refractivity contribution is -0.150. The third kappa shape index (κ3) is 3.50. The second kappa shape index (κ2) is 6.67. The van der Waals surface area contributed by atoms with Gasteiger partial charge in [-0.25, -0.2) is 4.79 Å². The van der Waals surface area contributed by atoms with Crippen molar-refractivity contribution >= 4 is 12.0 Å². The van der Waals surface area contributed by atoms with Crippen molar-refractivity contribution in [2.24, 2.45) is 11.3 Å². The molecule has 2 N–H and O–H groups in total. The van der Waals surface area contributed by atoms with Gasteiger partial charge in [0.1, 0.15) is 0 Å². The van der Waals surface area contributed by atoms with Crippen LogP contribution in [0.25, 0.3) is 0 Å². The first-order valence-corrected chi connectivity index (χ1v) is 8.24. The van der Waals surface area contributed by atoms with E-state index in [1.165, 1.54) is 0 Å². The van der Waals surface area contributed by atoms with Crippen molar-refractivity contribution in [3.63, 3.8) is 0 Å². The molecule has 2 atom stereocenters. The molecule has 0 bridgehead atoms. The normalized spacial score (nSPS) is 29.0. The molecule has 120 valence electrons. The van der Waals surface area contributed by atoms with E-state index in [1.54, 1.807) is 0 Å². The van der Waals surface area contributed by atoms with Crippen LogP contribution in [0.2, 0.25) is 0 Å². The Bertz CT molecular complexity index is 391. The van der Waals surface area contributed by atoms with E-state index in [-0.39, 0.29) is 18.6 Å². The van der Waals surface area contributed by atoms with Crippen molar-refractivity contribution < 1.29 is 14.7 Å². The zero-order valence-corrected chi connectivity index (χ0v) is 13.2. The minimum absolute atomic E-state index is 0.0970. The Labute approximate surface area is 127 Å². The molecule has 21 heavy (non-hydrogen) atoms. The predicted molar refractivity (Wildman–Crippen MR) is 81.1 cm³/mol. The van der Waals surface area contributed by atoms with Crippen LogP contribution in [0.3, 0.4) is 0 Å². The predicted octanol–water partition coefficient (Wildman–Crippen LogP) is 2.85. The van der Waals surface area contributed by atoms with Gasteiger partial charge in [0, 0.05) is 19.1 Å². The van der Waals surface area contributed by atoms with Gasteiger partial charge in [0.2, 0.25) is 0 Å². The van der Waals surface area contributed by atoms with Crippen LogP contribution in [0.5, 0.6) is 0 Å². The highest BCUT2D eigenvalue weighted by Gasteiger charge is 2.40. The number of carbonyl (C=O) groups is 2. The lowest BCUT2D eigenvalue weighted by Crippen LogP contribution is -2.53. The lowest BCUT2D eigenvalue weighted by Gasteiger charge is -2.39. The van der Waals surface area contributed by atoms with Crippen molar-refractivity contribution in [1.29, 1.82) is 0 Å². The highest BCUT2D eigenvalue weighted by molar-refractivity contribution is 5.78. The molecule has 1 saturated heterocycles. The summed E-state index contributed by atoms with van der Waals surface area (Å²) < 4.78 is 0. The number of hydrogen-bond acceptors (Lipinski definition) is 2. The first-order valence-electron chi connectivity index (χ1n) is 8.24. The molecule has 0 aromatic rings. The van der Waals surface area contributed by atoms with Crippen molar-refractivity contribution in [3.8, 4) is 0 Å². The number of amides is 2. The SMILES string of the molecule is CC1CCCN(C(=O)NCC2(C(=O)O)CCCCC2)C1C. The lowest BCUT2D eigenvalue weighted by atomic mass is 9.74. The van der Waals surface area contributed by atoms with Gasteiger partial charge in [0.15, 0.2) is 0 Å². The van der Waals surface area contributed by atoms with E-state index in [2.05, 4.69) is 19.2 Å². The standard InChI is InChI=1S/C16H28N2O3/c1-12-7-6-10-18(13(12)2)15(21)17-11-16(14(19)20)8-4-3-5-9-16/h12-13H,3-11H2,1-2H3,(H,17,21)(H,19,20). The maximum Gasteiger partial charge on any atom is 0.317 e. The van der Waals surface area contributed by atoms with Crippen molar-refractivity contribution in [2.75, 3.05) is 13.1 Å². The monoisotopic (exact) mass is 296 g/mol. The molecule has 0 aromatic carbocycles. The van der Waals surface area contributed by atoms with Crippen LogP contribution < -0.4 is 5.32 Å². The fourth-order valence-corrected chi connectivity index (χ4v) is 3.66. The molecule has 5 heteroatoms. The van der Waals surface area contributed by atoms with E-state index >= 15 is 0 Å². The molecule has 0 spiro atoms.